The van der Waals surface area contributed by atoms with Gasteiger partial charge in [-0.05, 0) is 39.0 Å². The molecule has 1 aliphatic heterocycles. The number of aromatic nitrogens is 1. The van der Waals surface area contributed by atoms with Crippen molar-refractivity contribution in [2.75, 3.05) is 24.2 Å². The fraction of sp³-hybridized carbons (Fsp3) is 0.412. The molecule has 1 aromatic heterocycles. The van der Waals surface area contributed by atoms with Crippen LogP contribution in [0.1, 0.15) is 19.6 Å². The van der Waals surface area contributed by atoms with E-state index in [0.29, 0.717) is 30.4 Å². The van der Waals surface area contributed by atoms with Crippen molar-refractivity contribution in [3.63, 3.8) is 0 Å². The van der Waals surface area contributed by atoms with Crippen LogP contribution in [0.15, 0.2) is 34.9 Å². The molecule has 6 nitrogen and oxygen atoms in total. The van der Waals surface area contributed by atoms with Crippen molar-refractivity contribution in [1.29, 1.82) is 0 Å². The summed E-state index contributed by atoms with van der Waals surface area (Å²) in [6, 6.07) is 7.20. The Morgan fingerprint density at radius 2 is 2.21 bits per heavy atom. The quantitative estimate of drug-likeness (QED) is 0.906. The van der Waals surface area contributed by atoms with E-state index in [1.165, 1.54) is 0 Å². The first-order chi connectivity index (χ1) is 11.3. The van der Waals surface area contributed by atoms with Crippen molar-refractivity contribution < 1.29 is 13.4 Å². The van der Waals surface area contributed by atoms with Crippen LogP contribution in [0.4, 0.5) is 10.5 Å². The van der Waals surface area contributed by atoms with E-state index < -0.39 is 10.8 Å². The van der Waals surface area contributed by atoms with Gasteiger partial charge in [-0.2, -0.15) is 0 Å². The summed E-state index contributed by atoms with van der Waals surface area (Å²) in [6.45, 7) is 6.66. The number of amides is 2. The number of rotatable bonds is 2. The number of nitrogens with one attached hydrogen (secondary N) is 1. The lowest BCUT2D eigenvalue weighted by Gasteiger charge is -2.37. The van der Waals surface area contributed by atoms with Crippen LogP contribution in [0.3, 0.4) is 0 Å². The van der Waals surface area contributed by atoms with E-state index in [4.69, 9.17) is 4.42 Å². The molecule has 1 atom stereocenters. The van der Waals surface area contributed by atoms with Gasteiger partial charge in [-0.25, -0.2) is 9.78 Å². The van der Waals surface area contributed by atoms with Crippen LogP contribution in [0.5, 0.6) is 0 Å². The lowest BCUT2D eigenvalue weighted by molar-refractivity contribution is 0.207. The molecule has 1 aromatic carbocycles. The van der Waals surface area contributed by atoms with E-state index in [1.807, 2.05) is 45.0 Å². The Labute approximate surface area is 143 Å². The number of anilines is 1. The van der Waals surface area contributed by atoms with E-state index in [9.17, 15) is 9.00 Å². The van der Waals surface area contributed by atoms with Crippen LogP contribution in [0.25, 0.3) is 11.5 Å². The molecule has 0 spiro atoms. The number of oxazole rings is 1. The topological polar surface area (TPSA) is 75.4 Å². The summed E-state index contributed by atoms with van der Waals surface area (Å²) in [4.78, 5) is 18.4. The number of carbonyl (C=O) groups excluding carboxylic acids is 1. The number of carbonyl (C=O) groups is 1. The molecule has 1 fully saturated rings. The molecule has 3 rings (SSSR count). The number of aryl methyl sites for hydroxylation is 1. The van der Waals surface area contributed by atoms with Crippen LogP contribution in [0, 0.1) is 6.92 Å². The maximum absolute atomic E-state index is 12.5. The van der Waals surface area contributed by atoms with Gasteiger partial charge in [0.05, 0.1) is 10.9 Å². The molecule has 0 unspecified atom stereocenters. The van der Waals surface area contributed by atoms with Gasteiger partial charge in [0.25, 0.3) is 0 Å². The van der Waals surface area contributed by atoms with E-state index >= 15 is 0 Å². The summed E-state index contributed by atoms with van der Waals surface area (Å²) >= 11 is 0. The van der Waals surface area contributed by atoms with Crippen LogP contribution in [-0.4, -0.2) is 43.7 Å². The molecule has 7 heteroatoms. The predicted molar refractivity (Wildman–Crippen MR) is 94.4 cm³/mol. The summed E-state index contributed by atoms with van der Waals surface area (Å²) in [7, 11) is -0.903. The first kappa shape index (κ1) is 16.7. The Bertz CT molecular complexity index is 785. The fourth-order valence-corrected chi connectivity index (χ4v) is 3.91. The van der Waals surface area contributed by atoms with E-state index in [-0.39, 0.29) is 10.8 Å². The van der Waals surface area contributed by atoms with Gasteiger partial charge in [0.1, 0.15) is 5.76 Å². The average molecular weight is 347 g/mol. The van der Waals surface area contributed by atoms with Gasteiger partial charge in [0.2, 0.25) is 5.89 Å². The second-order valence-electron chi connectivity index (χ2n) is 6.52. The van der Waals surface area contributed by atoms with Crippen LogP contribution in [0.2, 0.25) is 0 Å². The van der Waals surface area contributed by atoms with Crippen molar-refractivity contribution in [3.05, 3.63) is 36.2 Å². The van der Waals surface area contributed by atoms with Gasteiger partial charge in [-0.15, -0.1) is 0 Å². The zero-order valence-corrected chi connectivity index (χ0v) is 14.9. The average Bonchev–Trinajstić information content (AvgIpc) is 2.97. The zero-order valence-electron chi connectivity index (χ0n) is 14.0. The molecular formula is C17H21N3O3S. The summed E-state index contributed by atoms with van der Waals surface area (Å²) in [5, 5.41) is 2.90. The van der Waals surface area contributed by atoms with E-state index in [0.717, 1.165) is 11.3 Å². The van der Waals surface area contributed by atoms with Crippen LogP contribution < -0.4 is 5.32 Å². The minimum atomic E-state index is -0.903. The minimum Gasteiger partial charge on any atom is -0.441 e. The second-order valence-corrected chi connectivity index (χ2v) is 8.72. The number of urea groups is 1. The maximum Gasteiger partial charge on any atom is 0.321 e. The van der Waals surface area contributed by atoms with E-state index in [1.54, 1.807) is 11.1 Å². The Morgan fingerprint density at radius 1 is 1.42 bits per heavy atom. The lowest BCUT2D eigenvalue weighted by atomic mass is 10.2. The molecule has 1 saturated heterocycles. The molecule has 0 aliphatic carbocycles. The molecule has 2 aromatic rings. The third-order valence-electron chi connectivity index (χ3n) is 4.00. The molecule has 2 heterocycles. The zero-order chi connectivity index (χ0) is 17.3. The number of hydrogen-bond donors (Lipinski definition) is 1. The second kappa shape index (κ2) is 6.39. The Balaban J connectivity index is 1.72. The smallest absolute Gasteiger partial charge is 0.321 e. The van der Waals surface area contributed by atoms with Crippen molar-refractivity contribution in [2.45, 2.75) is 25.5 Å². The summed E-state index contributed by atoms with van der Waals surface area (Å²) in [5.41, 5.74) is 1.49. The van der Waals surface area contributed by atoms with Gasteiger partial charge in [-0.3, -0.25) is 4.21 Å². The molecule has 0 saturated carbocycles. The van der Waals surface area contributed by atoms with E-state index in [2.05, 4.69) is 10.3 Å². The number of benzene rings is 1. The highest BCUT2D eigenvalue weighted by Gasteiger charge is 2.35. The monoisotopic (exact) mass is 347 g/mol. The number of hydrogen-bond acceptors (Lipinski definition) is 4. The van der Waals surface area contributed by atoms with Crippen molar-refractivity contribution in [2.24, 2.45) is 0 Å². The molecule has 24 heavy (non-hydrogen) atoms. The standard InChI is InChI=1S/C17H21N3O3S/c1-12-10-18-15(23-12)13-5-4-6-14(9-13)19-16(21)20-7-8-24(22)17(2,3)11-20/h4-6,9-10H,7-8,11H2,1-3H3,(H,19,21)/t24-/m0/s1. The summed E-state index contributed by atoms with van der Waals surface area (Å²) in [6.07, 6.45) is 1.66. The third kappa shape index (κ3) is 3.51. The third-order valence-corrected chi connectivity index (χ3v) is 5.92. The van der Waals surface area contributed by atoms with Crippen LogP contribution >= 0.6 is 0 Å². The molecule has 128 valence electrons. The predicted octanol–water partition coefficient (Wildman–Crippen LogP) is 3.02. The first-order valence-electron chi connectivity index (χ1n) is 7.82. The molecule has 2 amide bonds. The highest BCUT2D eigenvalue weighted by Crippen LogP contribution is 2.24. The van der Waals surface area contributed by atoms with Crippen LogP contribution in [-0.2, 0) is 10.8 Å². The van der Waals surface area contributed by atoms with Crippen molar-refractivity contribution in [1.82, 2.24) is 9.88 Å². The lowest BCUT2D eigenvalue weighted by Crippen LogP contribution is -2.53. The van der Waals surface area contributed by atoms with Gasteiger partial charge >= 0.3 is 6.03 Å². The normalized spacial score (nSPS) is 20.0. The van der Waals surface area contributed by atoms with Gasteiger partial charge < -0.3 is 14.6 Å². The maximum atomic E-state index is 12.5. The van der Waals surface area contributed by atoms with Gasteiger partial charge in [-0.1, -0.05) is 6.07 Å². The Hall–Kier alpha value is -2.15. The van der Waals surface area contributed by atoms with Crippen molar-refractivity contribution in [3.8, 4) is 11.5 Å². The molecule has 0 radical (unpaired) electrons. The summed E-state index contributed by atoms with van der Waals surface area (Å²) in [5.74, 6) is 1.77. The largest absolute Gasteiger partial charge is 0.441 e. The highest BCUT2D eigenvalue weighted by atomic mass is 32.2. The molecular weight excluding hydrogens is 326 g/mol. The summed E-state index contributed by atoms with van der Waals surface area (Å²) < 4.78 is 17.1. The number of nitrogens with zero attached hydrogens (tertiary/aromatic N) is 2. The minimum absolute atomic E-state index is 0.180. The van der Waals surface area contributed by atoms with Gasteiger partial charge in [0.15, 0.2) is 0 Å². The molecule has 1 aliphatic rings. The fourth-order valence-electron chi connectivity index (χ4n) is 2.67. The molecule has 0 bridgehead atoms. The Morgan fingerprint density at radius 3 is 2.88 bits per heavy atom. The first-order valence-corrected chi connectivity index (χ1v) is 9.14. The molecule has 1 N–H and O–H groups in total. The highest BCUT2D eigenvalue weighted by molar-refractivity contribution is 7.86. The van der Waals surface area contributed by atoms with Gasteiger partial charge in [0, 0.05) is 40.9 Å². The SMILES string of the molecule is Cc1cnc(-c2cccc(NC(=O)N3CC[S@](=O)C(C)(C)C3)c2)o1. The van der Waals surface area contributed by atoms with Crippen molar-refractivity contribution >= 4 is 22.5 Å². The Kier molecular flexibility index (Phi) is 4.45.